The highest BCUT2D eigenvalue weighted by molar-refractivity contribution is 9.10. The maximum Gasteiger partial charge on any atom is 0.276 e. The van der Waals surface area contributed by atoms with Gasteiger partial charge in [0, 0.05) is 16.7 Å². The molecule has 0 saturated heterocycles. The Labute approximate surface area is 132 Å². The predicted molar refractivity (Wildman–Crippen MR) is 87.6 cm³/mol. The van der Waals surface area contributed by atoms with Crippen molar-refractivity contribution in [2.24, 2.45) is 0 Å². The van der Waals surface area contributed by atoms with Crippen LogP contribution in [0.15, 0.2) is 34.8 Å². The quantitative estimate of drug-likeness (QED) is 0.865. The molecule has 0 saturated carbocycles. The smallest absolute Gasteiger partial charge is 0.276 e. The maximum atomic E-state index is 12.2. The van der Waals surface area contributed by atoms with Crippen molar-refractivity contribution in [1.29, 1.82) is 0 Å². The van der Waals surface area contributed by atoms with E-state index in [9.17, 15) is 4.79 Å². The number of carbonyl (C=O) groups is 1. The molecule has 0 spiro atoms. The average Bonchev–Trinajstić information content (AvgIpc) is 2.50. The van der Waals surface area contributed by atoms with Gasteiger partial charge in [-0.05, 0) is 43.2 Å². The van der Waals surface area contributed by atoms with E-state index < -0.39 is 0 Å². The molecule has 6 heteroatoms. The Balaban J connectivity index is 2.08. The molecule has 0 aliphatic rings. The highest BCUT2D eigenvalue weighted by atomic mass is 79.9. The second kappa shape index (κ2) is 7.17. The van der Waals surface area contributed by atoms with Gasteiger partial charge in [-0.3, -0.25) is 4.79 Å². The number of benzene rings is 1. The summed E-state index contributed by atoms with van der Waals surface area (Å²) in [5.74, 6) is 0.401. The van der Waals surface area contributed by atoms with Crippen molar-refractivity contribution >= 4 is 33.3 Å². The van der Waals surface area contributed by atoms with Crippen LogP contribution < -0.4 is 10.6 Å². The summed E-state index contributed by atoms with van der Waals surface area (Å²) < 4.78 is 0.950. The summed E-state index contributed by atoms with van der Waals surface area (Å²) in [6.07, 6.45) is 1.01. The molecular formula is C15H17BrN4O. The van der Waals surface area contributed by atoms with Crippen molar-refractivity contribution in [2.45, 2.75) is 20.3 Å². The van der Waals surface area contributed by atoms with E-state index in [2.05, 4.69) is 43.7 Å². The lowest BCUT2D eigenvalue weighted by Crippen LogP contribution is -2.15. The molecule has 0 aliphatic carbocycles. The van der Waals surface area contributed by atoms with Gasteiger partial charge < -0.3 is 10.6 Å². The lowest BCUT2D eigenvalue weighted by atomic mass is 10.2. The summed E-state index contributed by atoms with van der Waals surface area (Å²) in [7, 11) is 0. The first kappa shape index (κ1) is 15.4. The van der Waals surface area contributed by atoms with E-state index in [1.54, 1.807) is 12.1 Å². The van der Waals surface area contributed by atoms with Gasteiger partial charge in [-0.15, -0.1) is 10.2 Å². The van der Waals surface area contributed by atoms with Crippen LogP contribution >= 0.6 is 15.9 Å². The highest BCUT2D eigenvalue weighted by Gasteiger charge is 2.10. The van der Waals surface area contributed by atoms with Crippen molar-refractivity contribution in [3.05, 3.63) is 46.1 Å². The van der Waals surface area contributed by atoms with Gasteiger partial charge in [0.15, 0.2) is 5.69 Å². The van der Waals surface area contributed by atoms with Crippen LogP contribution in [0.5, 0.6) is 0 Å². The monoisotopic (exact) mass is 348 g/mol. The van der Waals surface area contributed by atoms with Crippen molar-refractivity contribution < 1.29 is 4.79 Å². The molecule has 2 N–H and O–H groups in total. The fraction of sp³-hybridized carbons (Fsp3) is 0.267. The number of carbonyl (C=O) groups excluding carboxylic acids is 1. The Morgan fingerprint density at radius 2 is 2.05 bits per heavy atom. The van der Waals surface area contributed by atoms with Gasteiger partial charge >= 0.3 is 0 Å². The minimum Gasteiger partial charge on any atom is -0.369 e. The van der Waals surface area contributed by atoms with E-state index in [0.29, 0.717) is 5.82 Å². The Kier molecular flexibility index (Phi) is 5.27. The second-order valence-electron chi connectivity index (χ2n) is 4.60. The Morgan fingerprint density at radius 3 is 2.71 bits per heavy atom. The summed E-state index contributed by atoms with van der Waals surface area (Å²) in [5.41, 5.74) is 2.01. The van der Waals surface area contributed by atoms with Crippen LogP contribution in [0.1, 0.15) is 29.4 Å². The molecule has 1 heterocycles. The van der Waals surface area contributed by atoms with Crippen LogP contribution in [0.4, 0.5) is 11.5 Å². The third-order valence-electron chi connectivity index (χ3n) is 2.97. The molecule has 2 aromatic rings. The van der Waals surface area contributed by atoms with Gasteiger partial charge in [-0.25, -0.2) is 0 Å². The van der Waals surface area contributed by atoms with Crippen LogP contribution in [-0.2, 0) is 0 Å². The van der Waals surface area contributed by atoms with Crippen LogP contribution in [0, 0.1) is 6.92 Å². The zero-order chi connectivity index (χ0) is 15.2. The van der Waals surface area contributed by atoms with Crippen molar-refractivity contribution in [3.8, 4) is 0 Å². The summed E-state index contributed by atoms with van der Waals surface area (Å²) in [5, 5.41) is 13.9. The predicted octanol–water partition coefficient (Wildman–Crippen LogP) is 3.62. The van der Waals surface area contributed by atoms with Crippen molar-refractivity contribution in [2.75, 3.05) is 17.2 Å². The van der Waals surface area contributed by atoms with E-state index in [1.807, 2.05) is 25.1 Å². The number of anilines is 2. The fourth-order valence-electron chi connectivity index (χ4n) is 1.73. The summed E-state index contributed by atoms with van der Waals surface area (Å²) in [6.45, 7) is 4.84. The summed E-state index contributed by atoms with van der Waals surface area (Å²) in [6, 6.07) is 9.07. The number of hydrogen-bond donors (Lipinski definition) is 2. The van der Waals surface area contributed by atoms with Gasteiger partial charge in [-0.1, -0.05) is 28.9 Å². The number of nitrogens with one attached hydrogen (secondary N) is 2. The molecule has 1 aromatic carbocycles. The fourth-order valence-corrected chi connectivity index (χ4v) is 2.10. The molecule has 0 atom stereocenters. The van der Waals surface area contributed by atoms with Gasteiger partial charge in [0.25, 0.3) is 5.91 Å². The second-order valence-corrected chi connectivity index (χ2v) is 5.45. The number of hydrogen-bond acceptors (Lipinski definition) is 4. The molecule has 0 unspecified atom stereocenters. The molecule has 0 aliphatic heterocycles. The van der Waals surface area contributed by atoms with Gasteiger partial charge in [0.05, 0.1) is 0 Å². The minimum absolute atomic E-state index is 0.272. The van der Waals surface area contributed by atoms with E-state index in [4.69, 9.17) is 0 Å². The lowest BCUT2D eigenvalue weighted by molar-refractivity contribution is 0.102. The van der Waals surface area contributed by atoms with Crippen LogP contribution in [0.25, 0.3) is 0 Å². The molecule has 21 heavy (non-hydrogen) atoms. The molecule has 0 fully saturated rings. The first-order valence-corrected chi connectivity index (χ1v) is 7.55. The average molecular weight is 349 g/mol. The topological polar surface area (TPSA) is 66.9 Å². The van der Waals surface area contributed by atoms with Crippen LogP contribution in [-0.4, -0.2) is 22.6 Å². The highest BCUT2D eigenvalue weighted by Crippen LogP contribution is 2.23. The SMILES string of the molecule is CCCNc1ccc(C(=O)Nc2cccc(Br)c2C)nn1. The Morgan fingerprint density at radius 1 is 1.24 bits per heavy atom. The molecule has 0 bridgehead atoms. The number of rotatable bonds is 5. The molecule has 1 amide bonds. The zero-order valence-corrected chi connectivity index (χ0v) is 13.6. The Hall–Kier alpha value is -1.95. The first-order chi connectivity index (χ1) is 10.1. The van der Waals surface area contributed by atoms with Gasteiger partial charge in [0.2, 0.25) is 0 Å². The van der Waals surface area contributed by atoms with E-state index in [1.165, 1.54) is 0 Å². The van der Waals surface area contributed by atoms with E-state index in [-0.39, 0.29) is 11.6 Å². The third-order valence-corrected chi connectivity index (χ3v) is 3.83. The lowest BCUT2D eigenvalue weighted by Gasteiger charge is -2.09. The molecular weight excluding hydrogens is 332 g/mol. The molecule has 0 radical (unpaired) electrons. The molecule has 1 aromatic heterocycles. The van der Waals surface area contributed by atoms with Gasteiger partial charge in [-0.2, -0.15) is 0 Å². The molecule has 5 nitrogen and oxygen atoms in total. The molecule has 110 valence electrons. The number of halogens is 1. The number of nitrogens with zero attached hydrogens (tertiary/aromatic N) is 2. The number of amides is 1. The largest absolute Gasteiger partial charge is 0.369 e. The van der Waals surface area contributed by atoms with Crippen molar-refractivity contribution in [1.82, 2.24) is 10.2 Å². The normalized spacial score (nSPS) is 10.2. The standard InChI is InChI=1S/C15H17BrN4O/c1-3-9-17-14-8-7-13(19-20-14)15(21)18-12-6-4-5-11(16)10(12)2/h4-8H,3,9H2,1-2H3,(H,17,20)(H,18,21). The molecule has 2 rings (SSSR count). The summed E-state index contributed by atoms with van der Waals surface area (Å²) >= 11 is 3.44. The first-order valence-electron chi connectivity index (χ1n) is 6.76. The third kappa shape index (κ3) is 4.01. The maximum absolute atomic E-state index is 12.2. The Bertz CT molecular complexity index is 628. The number of aromatic nitrogens is 2. The van der Waals surface area contributed by atoms with Crippen LogP contribution in [0.3, 0.4) is 0 Å². The minimum atomic E-state index is -0.272. The zero-order valence-electron chi connectivity index (χ0n) is 12.0. The van der Waals surface area contributed by atoms with Crippen molar-refractivity contribution in [3.63, 3.8) is 0 Å². The van der Waals surface area contributed by atoms with Crippen LogP contribution in [0.2, 0.25) is 0 Å². The van der Waals surface area contributed by atoms with E-state index >= 15 is 0 Å². The van der Waals surface area contributed by atoms with E-state index in [0.717, 1.165) is 28.7 Å². The van der Waals surface area contributed by atoms with Gasteiger partial charge in [0.1, 0.15) is 5.82 Å². The summed E-state index contributed by atoms with van der Waals surface area (Å²) in [4.78, 5) is 12.2.